The zero-order chi connectivity index (χ0) is 19.1. The Balaban J connectivity index is 1.83. The van der Waals surface area contributed by atoms with Gasteiger partial charge in [0.1, 0.15) is 0 Å². The number of esters is 3. The molecule has 0 bridgehead atoms. The molecule has 26 heavy (non-hydrogen) atoms. The fourth-order valence-electron chi connectivity index (χ4n) is 1.90. The van der Waals surface area contributed by atoms with Crippen LogP contribution in [0.3, 0.4) is 0 Å². The van der Waals surface area contributed by atoms with E-state index in [4.69, 9.17) is 14.9 Å². The van der Waals surface area contributed by atoms with Crippen molar-refractivity contribution in [2.45, 2.75) is 12.8 Å². The molecule has 0 atom stereocenters. The van der Waals surface area contributed by atoms with Gasteiger partial charge in [-0.3, -0.25) is 10.2 Å². The van der Waals surface area contributed by atoms with Crippen molar-refractivity contribution in [2.24, 2.45) is 0 Å². The number of ether oxygens (including phenoxy) is 2. The highest BCUT2D eigenvalue weighted by molar-refractivity contribution is 14.1. The molecular weight excluding hydrogens is 564 g/mol. The first-order chi connectivity index (χ1) is 12.4. The van der Waals surface area contributed by atoms with Gasteiger partial charge in [-0.25, -0.2) is 9.59 Å². The SMILES string of the molecule is N=C(CCC(=O)OC(=O)c1ccccc1I)OC(=O)c1ccccc1I. The Bertz CT molecular complexity index is 795. The number of nitrogens with one attached hydrogen (secondary N) is 1. The summed E-state index contributed by atoms with van der Waals surface area (Å²) in [7, 11) is 0. The van der Waals surface area contributed by atoms with E-state index in [-0.39, 0.29) is 18.7 Å². The van der Waals surface area contributed by atoms with E-state index in [0.717, 1.165) is 0 Å². The maximum Gasteiger partial charge on any atom is 0.346 e. The Kier molecular flexibility index (Phi) is 7.69. The molecule has 0 radical (unpaired) electrons. The van der Waals surface area contributed by atoms with Gasteiger partial charge in [0.15, 0.2) is 5.90 Å². The second-order valence-corrected chi connectivity index (χ2v) is 7.36. The largest absolute Gasteiger partial charge is 0.409 e. The van der Waals surface area contributed by atoms with Crippen molar-refractivity contribution in [2.75, 3.05) is 0 Å². The van der Waals surface area contributed by atoms with Crippen molar-refractivity contribution < 1.29 is 23.9 Å². The molecule has 0 heterocycles. The zero-order valence-corrected chi connectivity index (χ0v) is 17.6. The summed E-state index contributed by atoms with van der Waals surface area (Å²) in [5, 5.41) is 7.67. The van der Waals surface area contributed by atoms with Gasteiger partial charge >= 0.3 is 17.9 Å². The predicted molar refractivity (Wildman–Crippen MR) is 111 cm³/mol. The minimum absolute atomic E-state index is 0.146. The Labute approximate surface area is 177 Å². The van der Waals surface area contributed by atoms with Gasteiger partial charge in [-0.15, -0.1) is 0 Å². The standard InChI is InChI=1S/C18H13I2NO5/c19-13-7-3-1-5-11(13)17(23)25-15(21)9-10-16(22)26-18(24)12-6-2-4-8-14(12)20/h1-8,21H,9-10H2. The summed E-state index contributed by atoms with van der Waals surface area (Å²) in [6, 6.07) is 13.5. The Hall–Kier alpha value is -1.82. The van der Waals surface area contributed by atoms with Gasteiger partial charge in [0.25, 0.3) is 0 Å². The van der Waals surface area contributed by atoms with Crippen LogP contribution in [-0.4, -0.2) is 23.8 Å². The molecule has 8 heteroatoms. The van der Waals surface area contributed by atoms with Crippen molar-refractivity contribution in [3.8, 4) is 0 Å². The predicted octanol–water partition coefficient (Wildman–Crippen LogP) is 4.19. The molecule has 0 fully saturated rings. The monoisotopic (exact) mass is 577 g/mol. The van der Waals surface area contributed by atoms with Gasteiger partial charge < -0.3 is 9.47 Å². The van der Waals surface area contributed by atoms with E-state index in [9.17, 15) is 14.4 Å². The third-order valence-corrected chi connectivity index (χ3v) is 5.05. The summed E-state index contributed by atoms with van der Waals surface area (Å²) in [6.45, 7) is 0. The van der Waals surface area contributed by atoms with Crippen LogP contribution >= 0.6 is 45.2 Å². The summed E-state index contributed by atoms with van der Waals surface area (Å²) >= 11 is 3.96. The average Bonchev–Trinajstić information content (AvgIpc) is 2.60. The molecule has 0 amide bonds. The molecule has 134 valence electrons. The molecule has 0 saturated carbocycles. The van der Waals surface area contributed by atoms with Crippen LogP contribution in [0, 0.1) is 12.5 Å². The fourth-order valence-corrected chi connectivity index (χ4v) is 3.11. The van der Waals surface area contributed by atoms with E-state index in [0.29, 0.717) is 18.3 Å². The van der Waals surface area contributed by atoms with Crippen LogP contribution in [0.25, 0.3) is 0 Å². The van der Waals surface area contributed by atoms with E-state index < -0.39 is 17.9 Å². The quantitative estimate of drug-likeness (QED) is 0.189. The number of rotatable bonds is 5. The van der Waals surface area contributed by atoms with Crippen LogP contribution in [0.5, 0.6) is 0 Å². The van der Waals surface area contributed by atoms with E-state index in [1.165, 1.54) is 0 Å². The number of carbonyl (C=O) groups is 3. The van der Waals surface area contributed by atoms with Crippen molar-refractivity contribution >= 4 is 69.0 Å². The molecule has 0 aliphatic heterocycles. The molecule has 0 unspecified atom stereocenters. The number of hydrogen-bond donors (Lipinski definition) is 1. The second-order valence-electron chi connectivity index (χ2n) is 5.03. The van der Waals surface area contributed by atoms with Crippen molar-refractivity contribution in [3.63, 3.8) is 0 Å². The van der Waals surface area contributed by atoms with E-state index in [2.05, 4.69) is 0 Å². The number of carbonyl (C=O) groups excluding carboxylic acids is 3. The minimum atomic E-state index is -0.787. The number of halogens is 2. The van der Waals surface area contributed by atoms with Gasteiger partial charge in [0.2, 0.25) is 0 Å². The van der Waals surface area contributed by atoms with Gasteiger partial charge in [-0.1, -0.05) is 24.3 Å². The summed E-state index contributed by atoms with van der Waals surface area (Å²) in [6.07, 6.45) is -0.389. The summed E-state index contributed by atoms with van der Waals surface area (Å²) in [5.41, 5.74) is 0.635. The van der Waals surface area contributed by atoms with E-state index in [1.54, 1.807) is 48.5 Å². The lowest BCUT2D eigenvalue weighted by Gasteiger charge is -2.07. The zero-order valence-electron chi connectivity index (χ0n) is 13.3. The Morgan fingerprint density at radius 1 is 0.769 bits per heavy atom. The lowest BCUT2D eigenvalue weighted by atomic mass is 10.2. The Morgan fingerprint density at radius 2 is 1.23 bits per heavy atom. The molecule has 2 aromatic carbocycles. The molecule has 0 aliphatic carbocycles. The van der Waals surface area contributed by atoms with E-state index >= 15 is 0 Å². The third-order valence-electron chi connectivity index (χ3n) is 3.17. The third kappa shape index (κ3) is 5.87. The highest BCUT2D eigenvalue weighted by atomic mass is 127. The highest BCUT2D eigenvalue weighted by Crippen LogP contribution is 2.14. The topological polar surface area (TPSA) is 93.5 Å². The summed E-state index contributed by atoms with van der Waals surface area (Å²) in [4.78, 5) is 35.7. The first-order valence-corrected chi connectivity index (χ1v) is 9.58. The van der Waals surface area contributed by atoms with Crippen LogP contribution in [0.4, 0.5) is 0 Å². The molecule has 0 saturated heterocycles. The van der Waals surface area contributed by atoms with Crippen molar-refractivity contribution in [3.05, 3.63) is 66.8 Å². The fraction of sp³-hybridized carbons (Fsp3) is 0.111. The molecule has 1 N–H and O–H groups in total. The van der Waals surface area contributed by atoms with Crippen molar-refractivity contribution in [1.29, 1.82) is 5.41 Å². The lowest BCUT2D eigenvalue weighted by molar-refractivity contribution is -0.137. The Morgan fingerprint density at radius 3 is 1.73 bits per heavy atom. The lowest BCUT2D eigenvalue weighted by Crippen LogP contribution is -2.17. The minimum Gasteiger partial charge on any atom is -0.409 e. The van der Waals surface area contributed by atoms with Crippen LogP contribution in [0.1, 0.15) is 33.6 Å². The van der Waals surface area contributed by atoms with E-state index in [1.807, 2.05) is 45.2 Å². The average molecular weight is 577 g/mol. The first kappa shape index (κ1) is 20.5. The number of hydrogen-bond acceptors (Lipinski definition) is 6. The second kappa shape index (κ2) is 9.76. The van der Waals surface area contributed by atoms with Crippen LogP contribution in [0.2, 0.25) is 0 Å². The molecule has 2 rings (SSSR count). The molecule has 0 aliphatic rings. The van der Waals surface area contributed by atoms with Crippen LogP contribution in [-0.2, 0) is 14.3 Å². The smallest absolute Gasteiger partial charge is 0.346 e. The molecule has 0 aromatic heterocycles. The summed E-state index contributed by atoms with van der Waals surface area (Å²) < 4.78 is 11.0. The van der Waals surface area contributed by atoms with Gasteiger partial charge in [-0.2, -0.15) is 0 Å². The summed E-state index contributed by atoms with van der Waals surface area (Å²) in [5.74, 6) is -2.57. The van der Waals surface area contributed by atoms with Crippen molar-refractivity contribution in [1.82, 2.24) is 0 Å². The molecule has 0 spiro atoms. The molecular formula is C18H13I2NO5. The van der Waals surface area contributed by atoms with Gasteiger partial charge in [-0.05, 0) is 69.4 Å². The maximum absolute atomic E-state index is 12.0. The molecule has 2 aromatic rings. The van der Waals surface area contributed by atoms with Gasteiger partial charge in [0.05, 0.1) is 17.5 Å². The first-order valence-electron chi connectivity index (χ1n) is 7.42. The normalized spacial score (nSPS) is 10.1. The van der Waals surface area contributed by atoms with Gasteiger partial charge in [0, 0.05) is 13.6 Å². The van der Waals surface area contributed by atoms with Crippen LogP contribution in [0.15, 0.2) is 48.5 Å². The van der Waals surface area contributed by atoms with Crippen LogP contribution < -0.4 is 0 Å². The number of benzene rings is 2. The highest BCUT2D eigenvalue weighted by Gasteiger charge is 2.18. The molecule has 6 nitrogen and oxygen atoms in total. The maximum atomic E-state index is 12.0.